The molecule has 0 bridgehead atoms. The van der Waals surface area contributed by atoms with Gasteiger partial charge in [-0.1, -0.05) is 0 Å². The lowest BCUT2D eigenvalue weighted by Gasteiger charge is -2.31. The Balaban J connectivity index is 1.82. The van der Waals surface area contributed by atoms with Crippen LogP contribution in [0.4, 0.5) is 13.2 Å². The molecule has 0 radical (unpaired) electrons. The Bertz CT molecular complexity index is 359. The number of hydrogen-bond acceptors (Lipinski definition) is 4. The third-order valence-corrected chi connectivity index (χ3v) is 4.20. The van der Waals surface area contributed by atoms with E-state index in [4.69, 9.17) is 0 Å². The Morgan fingerprint density at radius 1 is 1.29 bits per heavy atom. The van der Waals surface area contributed by atoms with Crippen molar-refractivity contribution in [1.82, 2.24) is 15.1 Å². The van der Waals surface area contributed by atoms with Gasteiger partial charge in [-0.3, -0.25) is 9.69 Å². The highest BCUT2D eigenvalue weighted by Crippen LogP contribution is 2.30. The smallest absolute Gasteiger partial charge is 0.382 e. The highest BCUT2D eigenvalue weighted by molar-refractivity contribution is 5.76. The number of amides is 1. The Hall–Kier alpha value is -0.860. The largest absolute Gasteiger partial charge is 0.415 e. The lowest BCUT2D eigenvalue weighted by molar-refractivity contribution is -0.219. The molecular formula is C13H22F3N3O2. The zero-order chi connectivity index (χ0) is 15.5. The molecule has 0 aliphatic carbocycles. The van der Waals surface area contributed by atoms with Crippen LogP contribution in [0.25, 0.3) is 0 Å². The maximum atomic E-state index is 12.6. The van der Waals surface area contributed by atoms with E-state index in [0.29, 0.717) is 32.5 Å². The maximum Gasteiger partial charge on any atom is 0.415 e. The van der Waals surface area contributed by atoms with Gasteiger partial charge in [0.2, 0.25) is 5.91 Å². The van der Waals surface area contributed by atoms with Gasteiger partial charge in [-0.2, -0.15) is 13.2 Å². The molecule has 21 heavy (non-hydrogen) atoms. The van der Waals surface area contributed by atoms with E-state index in [9.17, 15) is 23.1 Å². The van der Waals surface area contributed by atoms with E-state index in [0.717, 1.165) is 13.1 Å². The average molecular weight is 309 g/mol. The van der Waals surface area contributed by atoms with Gasteiger partial charge in [-0.25, -0.2) is 0 Å². The molecule has 2 unspecified atom stereocenters. The van der Waals surface area contributed by atoms with Crippen LogP contribution in [0.3, 0.4) is 0 Å². The molecule has 1 amide bonds. The minimum Gasteiger partial charge on any atom is -0.382 e. The van der Waals surface area contributed by atoms with Crippen LogP contribution < -0.4 is 5.32 Å². The molecule has 2 heterocycles. The van der Waals surface area contributed by atoms with Gasteiger partial charge in [0.15, 0.2) is 6.10 Å². The second-order valence-corrected chi connectivity index (χ2v) is 5.61. The summed E-state index contributed by atoms with van der Waals surface area (Å²) in [7, 11) is 0. The first-order valence-electron chi connectivity index (χ1n) is 7.37. The van der Waals surface area contributed by atoms with Crippen LogP contribution in [0.1, 0.15) is 19.3 Å². The van der Waals surface area contributed by atoms with E-state index >= 15 is 0 Å². The highest BCUT2D eigenvalue weighted by Gasteiger charge is 2.46. The number of alkyl halides is 3. The molecule has 5 nitrogen and oxygen atoms in total. The molecule has 2 aliphatic rings. The molecule has 8 heteroatoms. The van der Waals surface area contributed by atoms with Crippen molar-refractivity contribution < 1.29 is 23.1 Å². The predicted molar refractivity (Wildman–Crippen MR) is 70.7 cm³/mol. The topological polar surface area (TPSA) is 55.8 Å². The molecule has 0 aromatic rings. The minimum atomic E-state index is -4.60. The van der Waals surface area contributed by atoms with Crippen LogP contribution in [0.2, 0.25) is 0 Å². The van der Waals surface area contributed by atoms with Gasteiger partial charge in [0.05, 0.1) is 0 Å². The quantitative estimate of drug-likeness (QED) is 0.779. The first kappa shape index (κ1) is 16.5. The number of halogens is 3. The van der Waals surface area contributed by atoms with E-state index in [2.05, 4.69) is 5.32 Å². The number of rotatable bonds is 4. The first-order chi connectivity index (χ1) is 9.89. The maximum absolute atomic E-state index is 12.6. The number of likely N-dealkylation sites (tertiary alicyclic amines) is 1. The number of aliphatic hydroxyl groups excluding tert-OH is 1. The summed E-state index contributed by atoms with van der Waals surface area (Å²) in [4.78, 5) is 15.3. The number of carbonyl (C=O) groups is 1. The summed E-state index contributed by atoms with van der Waals surface area (Å²) in [5.74, 6) is -0.0244. The monoisotopic (exact) mass is 309 g/mol. The predicted octanol–water partition coefficient (Wildman–Crippen LogP) is 0.196. The van der Waals surface area contributed by atoms with Gasteiger partial charge in [0, 0.05) is 45.2 Å². The second kappa shape index (κ2) is 6.93. The van der Waals surface area contributed by atoms with Crippen molar-refractivity contribution in [3.63, 3.8) is 0 Å². The van der Waals surface area contributed by atoms with Crippen molar-refractivity contribution in [3.8, 4) is 0 Å². The summed E-state index contributed by atoms with van der Waals surface area (Å²) >= 11 is 0. The van der Waals surface area contributed by atoms with Gasteiger partial charge >= 0.3 is 6.18 Å². The number of aliphatic hydroxyl groups is 1. The van der Waals surface area contributed by atoms with Crippen molar-refractivity contribution in [2.75, 3.05) is 39.3 Å². The lowest BCUT2D eigenvalue weighted by Crippen LogP contribution is -2.49. The second-order valence-electron chi connectivity index (χ2n) is 5.61. The number of carbonyl (C=O) groups excluding carboxylic acids is 1. The third-order valence-electron chi connectivity index (χ3n) is 4.20. The summed E-state index contributed by atoms with van der Waals surface area (Å²) in [6, 6.07) is -0.916. The first-order valence-corrected chi connectivity index (χ1v) is 7.37. The van der Waals surface area contributed by atoms with Crippen molar-refractivity contribution in [3.05, 3.63) is 0 Å². The molecule has 2 rings (SSSR count). The van der Waals surface area contributed by atoms with Crippen molar-refractivity contribution in [2.45, 2.75) is 37.6 Å². The summed E-state index contributed by atoms with van der Waals surface area (Å²) in [5, 5.41) is 12.5. The molecule has 0 saturated carbocycles. The molecule has 2 saturated heterocycles. The van der Waals surface area contributed by atoms with Crippen LogP contribution in [-0.2, 0) is 4.79 Å². The van der Waals surface area contributed by atoms with Gasteiger partial charge in [0.25, 0.3) is 0 Å². The van der Waals surface area contributed by atoms with Crippen molar-refractivity contribution in [2.24, 2.45) is 0 Å². The Morgan fingerprint density at radius 3 is 2.57 bits per heavy atom. The van der Waals surface area contributed by atoms with E-state index in [1.165, 1.54) is 0 Å². The molecule has 2 fully saturated rings. The Kier molecular flexibility index (Phi) is 5.45. The van der Waals surface area contributed by atoms with E-state index in [-0.39, 0.29) is 18.9 Å². The highest BCUT2D eigenvalue weighted by atomic mass is 19.4. The lowest BCUT2D eigenvalue weighted by atomic mass is 10.1. The fourth-order valence-corrected chi connectivity index (χ4v) is 3.02. The fraction of sp³-hybridized carbons (Fsp3) is 0.923. The van der Waals surface area contributed by atoms with Gasteiger partial charge in [-0.05, 0) is 19.4 Å². The van der Waals surface area contributed by atoms with E-state index in [1.54, 1.807) is 9.80 Å². The number of hydrogen-bond donors (Lipinski definition) is 2. The van der Waals surface area contributed by atoms with Crippen LogP contribution in [0.15, 0.2) is 0 Å². The zero-order valence-corrected chi connectivity index (χ0v) is 11.9. The number of piperazine rings is 1. The Labute approximate surface area is 122 Å². The van der Waals surface area contributed by atoms with Gasteiger partial charge in [0.1, 0.15) is 0 Å². The van der Waals surface area contributed by atoms with Gasteiger partial charge in [-0.15, -0.1) is 0 Å². The van der Waals surface area contributed by atoms with Crippen molar-refractivity contribution in [1.29, 1.82) is 0 Å². The third kappa shape index (κ3) is 4.31. The molecule has 0 aromatic heterocycles. The average Bonchev–Trinajstić information content (AvgIpc) is 2.92. The molecule has 2 atom stereocenters. The molecule has 0 aromatic carbocycles. The fourth-order valence-electron chi connectivity index (χ4n) is 3.02. The molecule has 2 N–H and O–H groups in total. The van der Waals surface area contributed by atoms with Gasteiger partial charge < -0.3 is 15.3 Å². The van der Waals surface area contributed by atoms with E-state index in [1.807, 2.05) is 0 Å². The SMILES string of the molecule is O=C(CCN1CCCC1C(O)C(F)(F)F)N1CCNCC1. The van der Waals surface area contributed by atoms with Crippen molar-refractivity contribution >= 4 is 5.91 Å². The molecule has 2 aliphatic heterocycles. The Morgan fingerprint density at radius 2 is 1.95 bits per heavy atom. The number of nitrogens with one attached hydrogen (secondary N) is 1. The molecule has 0 spiro atoms. The van der Waals surface area contributed by atoms with E-state index < -0.39 is 18.3 Å². The van der Waals surface area contributed by atoms with Crippen LogP contribution in [0.5, 0.6) is 0 Å². The standard InChI is InChI=1S/C13H22F3N3O2/c14-13(15,16)12(21)10-2-1-6-18(10)7-3-11(20)19-8-4-17-5-9-19/h10,12,17,21H,1-9H2. The molecule has 122 valence electrons. The summed E-state index contributed by atoms with van der Waals surface area (Å²) in [6.45, 7) is 3.59. The minimum absolute atomic E-state index is 0.0244. The zero-order valence-electron chi connectivity index (χ0n) is 11.9. The van der Waals surface area contributed by atoms with Crippen LogP contribution in [-0.4, -0.2) is 78.4 Å². The van der Waals surface area contributed by atoms with Crippen LogP contribution >= 0.6 is 0 Å². The normalized spacial score (nSPS) is 26.1. The number of nitrogens with zero attached hydrogens (tertiary/aromatic N) is 2. The molecular weight excluding hydrogens is 287 g/mol. The summed E-state index contributed by atoms with van der Waals surface area (Å²) in [6.07, 6.45) is -5.77. The summed E-state index contributed by atoms with van der Waals surface area (Å²) < 4.78 is 37.8. The van der Waals surface area contributed by atoms with Crippen LogP contribution in [0, 0.1) is 0 Å². The summed E-state index contributed by atoms with van der Waals surface area (Å²) in [5.41, 5.74) is 0.